The molecule has 0 spiro atoms. The van der Waals surface area contributed by atoms with Gasteiger partial charge in [-0.3, -0.25) is 9.36 Å². The van der Waals surface area contributed by atoms with Crippen molar-refractivity contribution >= 4 is 5.97 Å². The molecule has 6 heteroatoms. The van der Waals surface area contributed by atoms with Crippen LogP contribution in [-0.4, -0.2) is 33.2 Å². The molecule has 1 fully saturated rings. The third-order valence-corrected chi connectivity index (χ3v) is 3.67. The number of nitrogens with zero attached hydrogens (tertiary/aromatic N) is 3. The number of carbonyl (C=O) groups is 1. The molecular formula is C16H19N3O3. The van der Waals surface area contributed by atoms with Gasteiger partial charge in [0.25, 0.3) is 0 Å². The van der Waals surface area contributed by atoms with Crippen molar-refractivity contribution in [2.24, 2.45) is 0 Å². The third-order valence-electron chi connectivity index (χ3n) is 3.67. The van der Waals surface area contributed by atoms with Crippen LogP contribution in [0.1, 0.15) is 31.2 Å². The van der Waals surface area contributed by atoms with E-state index < -0.39 is 0 Å². The molecule has 2 aromatic heterocycles. The van der Waals surface area contributed by atoms with E-state index in [2.05, 4.69) is 9.97 Å². The Kier molecular flexibility index (Phi) is 4.80. The summed E-state index contributed by atoms with van der Waals surface area (Å²) in [5, 5.41) is 0. The van der Waals surface area contributed by atoms with Crippen molar-refractivity contribution in [1.82, 2.24) is 14.5 Å². The molecule has 1 aliphatic rings. The van der Waals surface area contributed by atoms with Gasteiger partial charge in [0.1, 0.15) is 18.8 Å². The van der Waals surface area contributed by atoms with E-state index in [4.69, 9.17) is 9.47 Å². The van der Waals surface area contributed by atoms with Crippen LogP contribution in [-0.2, 0) is 20.9 Å². The topological polar surface area (TPSA) is 66.2 Å². The van der Waals surface area contributed by atoms with Crippen LogP contribution in [0.25, 0.3) is 5.82 Å². The first kappa shape index (κ1) is 14.7. The van der Waals surface area contributed by atoms with Crippen LogP contribution >= 0.6 is 0 Å². The first-order valence-corrected chi connectivity index (χ1v) is 7.52. The van der Waals surface area contributed by atoms with Crippen molar-refractivity contribution in [3.63, 3.8) is 0 Å². The highest BCUT2D eigenvalue weighted by Gasteiger charge is 2.17. The predicted octanol–water partition coefficient (Wildman–Crippen LogP) is 2.27. The molecule has 6 nitrogen and oxygen atoms in total. The van der Waals surface area contributed by atoms with E-state index in [0.29, 0.717) is 6.42 Å². The second kappa shape index (κ2) is 7.17. The van der Waals surface area contributed by atoms with Gasteiger partial charge in [0, 0.05) is 37.2 Å². The van der Waals surface area contributed by atoms with E-state index in [0.717, 1.165) is 37.3 Å². The summed E-state index contributed by atoms with van der Waals surface area (Å²) in [6.07, 6.45) is 10.4. The maximum atomic E-state index is 11.7. The van der Waals surface area contributed by atoms with Crippen molar-refractivity contribution in [1.29, 1.82) is 0 Å². The van der Waals surface area contributed by atoms with Crippen molar-refractivity contribution < 1.29 is 14.3 Å². The average molecular weight is 301 g/mol. The van der Waals surface area contributed by atoms with Crippen LogP contribution in [0.3, 0.4) is 0 Å². The standard InChI is InChI=1S/C16H19N3O3/c20-16(6-4-14-2-1-9-21-14)22-11-13-3-5-15(18-10-13)19-8-7-17-12-19/h3,5,7-8,10,12,14H,1-2,4,6,9,11H2/t14-/m0/s1. The Morgan fingerprint density at radius 2 is 2.41 bits per heavy atom. The zero-order chi connectivity index (χ0) is 15.2. The maximum absolute atomic E-state index is 11.7. The molecule has 2 aromatic rings. The molecule has 1 saturated heterocycles. The van der Waals surface area contributed by atoms with E-state index >= 15 is 0 Å². The van der Waals surface area contributed by atoms with Gasteiger partial charge in [-0.2, -0.15) is 0 Å². The summed E-state index contributed by atoms with van der Waals surface area (Å²) >= 11 is 0. The highest BCUT2D eigenvalue weighted by atomic mass is 16.5. The van der Waals surface area contributed by atoms with Crippen molar-refractivity contribution in [3.05, 3.63) is 42.6 Å². The smallest absolute Gasteiger partial charge is 0.306 e. The zero-order valence-electron chi connectivity index (χ0n) is 12.4. The van der Waals surface area contributed by atoms with Gasteiger partial charge in [0.15, 0.2) is 0 Å². The monoisotopic (exact) mass is 301 g/mol. The summed E-state index contributed by atoms with van der Waals surface area (Å²) in [4.78, 5) is 20.0. The van der Waals surface area contributed by atoms with Crippen LogP contribution in [0.5, 0.6) is 0 Å². The van der Waals surface area contributed by atoms with Crippen LogP contribution in [0.15, 0.2) is 37.1 Å². The lowest BCUT2D eigenvalue weighted by Crippen LogP contribution is -2.11. The maximum Gasteiger partial charge on any atom is 0.306 e. The fraction of sp³-hybridized carbons (Fsp3) is 0.438. The molecule has 116 valence electrons. The summed E-state index contributed by atoms with van der Waals surface area (Å²) in [6, 6.07) is 3.77. The quantitative estimate of drug-likeness (QED) is 0.766. The van der Waals surface area contributed by atoms with Gasteiger partial charge in [-0.05, 0) is 25.3 Å². The number of hydrogen-bond donors (Lipinski definition) is 0. The highest BCUT2D eigenvalue weighted by molar-refractivity contribution is 5.69. The van der Waals surface area contributed by atoms with Gasteiger partial charge in [0.05, 0.1) is 6.10 Å². The number of rotatable bonds is 6. The van der Waals surface area contributed by atoms with E-state index in [1.165, 1.54) is 0 Å². The molecule has 3 heterocycles. The Balaban J connectivity index is 1.43. The van der Waals surface area contributed by atoms with Gasteiger partial charge in [-0.1, -0.05) is 6.07 Å². The summed E-state index contributed by atoms with van der Waals surface area (Å²) in [7, 11) is 0. The number of carbonyl (C=O) groups excluding carboxylic acids is 1. The largest absolute Gasteiger partial charge is 0.461 e. The number of esters is 1. The van der Waals surface area contributed by atoms with Gasteiger partial charge in [-0.15, -0.1) is 0 Å². The molecule has 0 aliphatic carbocycles. The minimum Gasteiger partial charge on any atom is -0.461 e. The van der Waals surface area contributed by atoms with E-state index in [1.54, 1.807) is 18.7 Å². The van der Waals surface area contributed by atoms with Gasteiger partial charge >= 0.3 is 5.97 Å². The van der Waals surface area contributed by atoms with Gasteiger partial charge < -0.3 is 9.47 Å². The lowest BCUT2D eigenvalue weighted by atomic mass is 10.1. The minimum absolute atomic E-state index is 0.186. The summed E-state index contributed by atoms with van der Waals surface area (Å²) in [5.74, 6) is 0.597. The Morgan fingerprint density at radius 3 is 3.09 bits per heavy atom. The number of aromatic nitrogens is 3. The van der Waals surface area contributed by atoms with Crippen LogP contribution in [0.2, 0.25) is 0 Å². The van der Waals surface area contributed by atoms with Crippen LogP contribution < -0.4 is 0 Å². The number of hydrogen-bond acceptors (Lipinski definition) is 5. The molecule has 0 radical (unpaired) electrons. The molecule has 0 bridgehead atoms. The molecule has 0 unspecified atom stereocenters. The molecule has 1 aliphatic heterocycles. The van der Waals surface area contributed by atoms with Crippen molar-refractivity contribution in [2.75, 3.05) is 6.61 Å². The highest BCUT2D eigenvalue weighted by Crippen LogP contribution is 2.17. The Hall–Kier alpha value is -2.21. The predicted molar refractivity (Wildman–Crippen MR) is 79.4 cm³/mol. The second-order valence-electron chi connectivity index (χ2n) is 5.33. The van der Waals surface area contributed by atoms with E-state index in [-0.39, 0.29) is 18.7 Å². The number of ether oxygens (including phenoxy) is 2. The number of imidazole rings is 1. The fourth-order valence-electron chi connectivity index (χ4n) is 2.44. The molecular weight excluding hydrogens is 282 g/mol. The summed E-state index contributed by atoms with van der Waals surface area (Å²) < 4.78 is 12.6. The second-order valence-corrected chi connectivity index (χ2v) is 5.33. The minimum atomic E-state index is -0.186. The molecule has 0 saturated carbocycles. The molecule has 3 rings (SSSR count). The van der Waals surface area contributed by atoms with E-state index in [1.807, 2.05) is 22.9 Å². The Bertz CT molecular complexity index is 590. The Morgan fingerprint density at radius 1 is 1.45 bits per heavy atom. The fourth-order valence-corrected chi connectivity index (χ4v) is 2.44. The SMILES string of the molecule is O=C(CC[C@@H]1CCCO1)OCc1ccc(-n2ccnc2)nc1. The lowest BCUT2D eigenvalue weighted by molar-refractivity contribution is -0.145. The van der Waals surface area contributed by atoms with Crippen LogP contribution in [0.4, 0.5) is 0 Å². The third kappa shape index (κ3) is 3.92. The zero-order valence-corrected chi connectivity index (χ0v) is 12.4. The molecule has 0 aromatic carbocycles. The Labute approximate surface area is 129 Å². The molecule has 0 amide bonds. The molecule has 0 N–H and O–H groups in total. The first-order chi connectivity index (χ1) is 10.8. The van der Waals surface area contributed by atoms with Crippen LogP contribution in [0, 0.1) is 0 Å². The summed E-state index contributed by atoms with van der Waals surface area (Å²) in [6.45, 7) is 1.07. The normalized spacial score (nSPS) is 17.5. The van der Waals surface area contributed by atoms with Crippen molar-refractivity contribution in [2.45, 2.75) is 38.4 Å². The van der Waals surface area contributed by atoms with Gasteiger partial charge in [0.2, 0.25) is 0 Å². The lowest BCUT2D eigenvalue weighted by Gasteiger charge is -2.09. The average Bonchev–Trinajstić information content (AvgIpc) is 3.24. The molecule has 1 atom stereocenters. The van der Waals surface area contributed by atoms with E-state index in [9.17, 15) is 4.79 Å². The van der Waals surface area contributed by atoms with Gasteiger partial charge in [-0.25, -0.2) is 9.97 Å². The molecule has 22 heavy (non-hydrogen) atoms. The first-order valence-electron chi connectivity index (χ1n) is 7.52. The van der Waals surface area contributed by atoms with Crippen molar-refractivity contribution in [3.8, 4) is 5.82 Å². The summed E-state index contributed by atoms with van der Waals surface area (Å²) in [5.41, 5.74) is 0.870. The number of pyridine rings is 1.